The molecule has 0 amide bonds. The molecular weight excluding hydrogens is 314 g/mol. The van der Waals surface area contributed by atoms with E-state index in [2.05, 4.69) is 5.32 Å². The summed E-state index contributed by atoms with van der Waals surface area (Å²) in [6.45, 7) is 3.56. The molecule has 1 aromatic rings. The molecule has 1 saturated heterocycles. The molecule has 2 N–H and O–H groups in total. The van der Waals surface area contributed by atoms with Gasteiger partial charge in [-0.05, 0) is 24.6 Å². The van der Waals surface area contributed by atoms with Crippen molar-refractivity contribution in [3.63, 3.8) is 0 Å². The van der Waals surface area contributed by atoms with E-state index in [-0.39, 0.29) is 12.4 Å². The molecule has 1 aromatic carbocycles. The van der Waals surface area contributed by atoms with Gasteiger partial charge in [0.2, 0.25) is 0 Å². The number of alkyl halides is 2. The molecule has 22 heavy (non-hydrogen) atoms. The molecule has 0 spiro atoms. The maximum atomic E-state index is 14.3. The van der Waals surface area contributed by atoms with E-state index in [4.69, 9.17) is 9.84 Å². The zero-order chi connectivity index (χ0) is 15.3. The second-order valence-corrected chi connectivity index (χ2v) is 5.11. The van der Waals surface area contributed by atoms with Gasteiger partial charge in [0.05, 0.1) is 6.61 Å². The van der Waals surface area contributed by atoms with Crippen molar-refractivity contribution >= 4 is 12.4 Å². The first kappa shape index (κ1) is 19.1. The minimum atomic E-state index is -3.19. The predicted octanol–water partition coefficient (Wildman–Crippen LogP) is 2.08. The number of aliphatic hydroxyl groups is 1. The Hall–Kier alpha value is -0.950. The number of aliphatic hydroxyl groups excluding tert-OH is 1. The Balaban J connectivity index is 0.00000242. The summed E-state index contributed by atoms with van der Waals surface area (Å²) in [4.78, 5) is 1.72. The predicted molar refractivity (Wildman–Crippen MR) is 84.1 cm³/mol. The molecule has 1 heterocycles. The number of benzene rings is 1. The van der Waals surface area contributed by atoms with Crippen LogP contribution in [-0.4, -0.2) is 55.3 Å². The third-order valence-electron chi connectivity index (χ3n) is 3.61. The Morgan fingerprint density at radius 2 is 2.05 bits per heavy atom. The standard InChI is InChI=1S/C15H22F2N2O2.ClH/c1-2-21-13-5-3-4-12(10-13)14(15(16,17)11-20)19-8-6-18-7-9-19;/h3-5,10,14,18,20H,2,6-9,11H2,1H3;1H/t14-;/m0./s1. The molecule has 0 bridgehead atoms. The van der Waals surface area contributed by atoms with Gasteiger partial charge in [0.15, 0.2) is 0 Å². The van der Waals surface area contributed by atoms with E-state index in [0.717, 1.165) is 0 Å². The van der Waals surface area contributed by atoms with E-state index < -0.39 is 18.6 Å². The van der Waals surface area contributed by atoms with Gasteiger partial charge in [-0.3, -0.25) is 4.90 Å². The highest BCUT2D eigenvalue weighted by Crippen LogP contribution is 2.37. The average Bonchev–Trinajstić information content (AvgIpc) is 2.49. The van der Waals surface area contributed by atoms with Crippen LogP contribution in [0.2, 0.25) is 0 Å². The number of hydrogen-bond acceptors (Lipinski definition) is 4. The molecule has 0 aromatic heterocycles. The van der Waals surface area contributed by atoms with Crippen LogP contribution in [0.4, 0.5) is 8.78 Å². The van der Waals surface area contributed by atoms with Crippen LogP contribution in [-0.2, 0) is 0 Å². The van der Waals surface area contributed by atoms with Crippen molar-refractivity contribution in [2.75, 3.05) is 39.4 Å². The van der Waals surface area contributed by atoms with Gasteiger partial charge >= 0.3 is 0 Å². The van der Waals surface area contributed by atoms with E-state index in [1.165, 1.54) is 0 Å². The normalized spacial score (nSPS) is 17.6. The largest absolute Gasteiger partial charge is 0.494 e. The van der Waals surface area contributed by atoms with E-state index in [1.807, 2.05) is 6.92 Å². The van der Waals surface area contributed by atoms with Gasteiger partial charge in [-0.25, -0.2) is 8.78 Å². The summed E-state index contributed by atoms with van der Waals surface area (Å²) >= 11 is 0. The molecule has 0 radical (unpaired) electrons. The monoisotopic (exact) mass is 336 g/mol. The lowest BCUT2D eigenvalue weighted by molar-refractivity contribution is -0.118. The molecule has 1 fully saturated rings. The maximum Gasteiger partial charge on any atom is 0.289 e. The lowest BCUT2D eigenvalue weighted by atomic mass is 9.98. The van der Waals surface area contributed by atoms with Crippen molar-refractivity contribution < 1.29 is 18.6 Å². The summed E-state index contributed by atoms with van der Waals surface area (Å²) in [6, 6.07) is 5.63. The number of nitrogens with zero attached hydrogens (tertiary/aromatic N) is 1. The summed E-state index contributed by atoms with van der Waals surface area (Å²) in [5, 5.41) is 12.3. The minimum Gasteiger partial charge on any atom is -0.494 e. The van der Waals surface area contributed by atoms with Crippen LogP contribution in [0.25, 0.3) is 0 Å². The van der Waals surface area contributed by atoms with Gasteiger partial charge in [-0.15, -0.1) is 12.4 Å². The highest BCUT2D eigenvalue weighted by atomic mass is 35.5. The SMILES string of the molecule is CCOc1cccc([C@H](N2CCNCC2)C(F)(F)CO)c1.Cl. The van der Waals surface area contributed by atoms with Crippen LogP contribution in [0.5, 0.6) is 5.75 Å². The number of ether oxygens (including phenoxy) is 1. The Bertz CT molecular complexity index is 457. The van der Waals surface area contributed by atoms with Crippen LogP contribution in [0, 0.1) is 0 Å². The van der Waals surface area contributed by atoms with Crippen molar-refractivity contribution in [3.05, 3.63) is 29.8 Å². The number of rotatable bonds is 6. The van der Waals surface area contributed by atoms with Crippen LogP contribution in [0.15, 0.2) is 24.3 Å². The van der Waals surface area contributed by atoms with E-state index >= 15 is 0 Å². The van der Waals surface area contributed by atoms with E-state index in [9.17, 15) is 8.78 Å². The quantitative estimate of drug-likeness (QED) is 0.835. The summed E-state index contributed by atoms with van der Waals surface area (Å²) < 4.78 is 33.9. The summed E-state index contributed by atoms with van der Waals surface area (Å²) in [5.41, 5.74) is 0.474. The van der Waals surface area contributed by atoms with E-state index in [1.54, 1.807) is 29.2 Å². The smallest absolute Gasteiger partial charge is 0.289 e. The van der Waals surface area contributed by atoms with Crippen LogP contribution < -0.4 is 10.1 Å². The van der Waals surface area contributed by atoms with Crippen LogP contribution in [0.3, 0.4) is 0 Å². The Kier molecular flexibility index (Phi) is 7.48. The molecule has 4 nitrogen and oxygen atoms in total. The third kappa shape index (κ3) is 4.52. The second kappa shape index (κ2) is 8.62. The molecule has 0 aliphatic carbocycles. The van der Waals surface area contributed by atoms with Gasteiger partial charge in [0.1, 0.15) is 18.4 Å². The topological polar surface area (TPSA) is 44.7 Å². The fourth-order valence-electron chi connectivity index (χ4n) is 2.69. The highest BCUT2D eigenvalue weighted by molar-refractivity contribution is 5.85. The van der Waals surface area contributed by atoms with Gasteiger partial charge in [-0.2, -0.15) is 0 Å². The molecule has 1 atom stereocenters. The molecule has 1 aliphatic rings. The average molecular weight is 337 g/mol. The van der Waals surface area contributed by atoms with Crippen molar-refractivity contribution in [1.82, 2.24) is 10.2 Å². The molecule has 0 saturated carbocycles. The number of piperazine rings is 1. The van der Waals surface area contributed by atoms with Crippen molar-refractivity contribution in [2.24, 2.45) is 0 Å². The second-order valence-electron chi connectivity index (χ2n) is 5.11. The fourth-order valence-corrected chi connectivity index (χ4v) is 2.69. The molecule has 7 heteroatoms. The van der Waals surface area contributed by atoms with Crippen molar-refractivity contribution in [3.8, 4) is 5.75 Å². The third-order valence-corrected chi connectivity index (χ3v) is 3.61. The summed E-state index contributed by atoms with van der Waals surface area (Å²) in [6.07, 6.45) is 0. The first-order chi connectivity index (χ1) is 10.1. The van der Waals surface area contributed by atoms with Crippen molar-refractivity contribution in [1.29, 1.82) is 0 Å². The Morgan fingerprint density at radius 1 is 1.36 bits per heavy atom. The Morgan fingerprint density at radius 3 is 2.64 bits per heavy atom. The highest BCUT2D eigenvalue weighted by Gasteiger charge is 2.44. The number of nitrogens with one attached hydrogen (secondary N) is 1. The fraction of sp³-hybridized carbons (Fsp3) is 0.600. The maximum absolute atomic E-state index is 14.3. The number of hydrogen-bond donors (Lipinski definition) is 2. The van der Waals surface area contributed by atoms with Crippen molar-refractivity contribution in [2.45, 2.75) is 18.9 Å². The zero-order valence-corrected chi connectivity index (χ0v) is 13.4. The molecule has 126 valence electrons. The first-order valence-electron chi connectivity index (χ1n) is 7.24. The number of halogens is 3. The summed E-state index contributed by atoms with van der Waals surface area (Å²) in [5.74, 6) is -2.62. The molecule has 0 unspecified atom stereocenters. The lowest BCUT2D eigenvalue weighted by Crippen LogP contribution is -2.51. The first-order valence-corrected chi connectivity index (χ1v) is 7.24. The van der Waals surface area contributed by atoms with Gasteiger partial charge in [0.25, 0.3) is 5.92 Å². The van der Waals surface area contributed by atoms with Crippen LogP contribution >= 0.6 is 12.4 Å². The van der Waals surface area contributed by atoms with Gasteiger partial charge < -0.3 is 15.2 Å². The molecule has 1 aliphatic heterocycles. The van der Waals surface area contributed by atoms with Gasteiger partial charge in [-0.1, -0.05) is 12.1 Å². The summed E-state index contributed by atoms with van der Waals surface area (Å²) in [7, 11) is 0. The van der Waals surface area contributed by atoms with Crippen LogP contribution in [0.1, 0.15) is 18.5 Å². The van der Waals surface area contributed by atoms with E-state index in [0.29, 0.717) is 44.1 Å². The molecular formula is C15H23ClF2N2O2. The zero-order valence-electron chi connectivity index (χ0n) is 12.6. The molecule has 2 rings (SSSR count). The Labute approximate surface area is 135 Å². The lowest BCUT2D eigenvalue weighted by Gasteiger charge is -2.38. The minimum absolute atomic E-state index is 0. The van der Waals surface area contributed by atoms with Gasteiger partial charge in [0, 0.05) is 26.2 Å².